The molecular formula is C24H31N5O2. The van der Waals surface area contributed by atoms with E-state index in [-0.39, 0.29) is 11.8 Å². The van der Waals surface area contributed by atoms with Crippen molar-refractivity contribution < 1.29 is 9.59 Å². The second kappa shape index (κ2) is 10.6. The van der Waals surface area contributed by atoms with Gasteiger partial charge in [0.05, 0.1) is 0 Å². The zero-order chi connectivity index (χ0) is 22.2. The molecule has 0 saturated heterocycles. The van der Waals surface area contributed by atoms with Crippen LogP contribution in [0.5, 0.6) is 0 Å². The summed E-state index contributed by atoms with van der Waals surface area (Å²) in [6.07, 6.45) is 1.26. The van der Waals surface area contributed by atoms with Gasteiger partial charge in [0.15, 0.2) is 5.96 Å². The quantitative estimate of drug-likeness (QED) is 0.409. The van der Waals surface area contributed by atoms with E-state index in [0.29, 0.717) is 44.1 Å². The highest BCUT2D eigenvalue weighted by Gasteiger charge is 2.22. The molecule has 0 fully saturated rings. The number of amides is 2. The number of hydrogen-bond donors (Lipinski definition) is 2. The van der Waals surface area contributed by atoms with E-state index in [0.717, 1.165) is 12.0 Å². The average Bonchev–Trinajstić information content (AvgIpc) is 3.23. The van der Waals surface area contributed by atoms with E-state index in [1.165, 1.54) is 11.1 Å². The Morgan fingerprint density at radius 3 is 2.23 bits per heavy atom. The zero-order valence-electron chi connectivity index (χ0n) is 18.5. The number of nitrogens with one attached hydrogen (secondary N) is 2. The molecule has 7 nitrogen and oxygen atoms in total. The second-order valence-electron chi connectivity index (χ2n) is 7.87. The van der Waals surface area contributed by atoms with E-state index in [2.05, 4.69) is 27.8 Å². The summed E-state index contributed by atoms with van der Waals surface area (Å²) < 4.78 is 0. The van der Waals surface area contributed by atoms with Gasteiger partial charge in [0, 0.05) is 59.3 Å². The van der Waals surface area contributed by atoms with Crippen molar-refractivity contribution in [2.75, 3.05) is 27.7 Å². The number of aliphatic imine (C=N–C) groups is 1. The summed E-state index contributed by atoms with van der Waals surface area (Å²) >= 11 is 0. The predicted octanol–water partition coefficient (Wildman–Crippen LogP) is 2.38. The van der Waals surface area contributed by atoms with Crippen LogP contribution in [0.15, 0.2) is 53.5 Å². The highest BCUT2D eigenvalue weighted by molar-refractivity contribution is 5.93. The first-order chi connectivity index (χ1) is 15.0. The lowest BCUT2D eigenvalue weighted by Crippen LogP contribution is -2.37. The lowest BCUT2D eigenvalue weighted by Gasteiger charge is -2.16. The predicted molar refractivity (Wildman–Crippen MR) is 123 cm³/mol. The van der Waals surface area contributed by atoms with E-state index in [9.17, 15) is 9.59 Å². The van der Waals surface area contributed by atoms with Crippen molar-refractivity contribution in [1.29, 1.82) is 0 Å². The van der Waals surface area contributed by atoms with Gasteiger partial charge in [-0.2, -0.15) is 0 Å². The maximum atomic E-state index is 12.5. The molecule has 0 atom stereocenters. The van der Waals surface area contributed by atoms with Crippen LogP contribution < -0.4 is 10.6 Å². The molecule has 0 unspecified atom stereocenters. The molecule has 2 amide bonds. The molecule has 31 heavy (non-hydrogen) atoms. The standard InChI is InChI=1S/C24H31N5O2/c1-25-24(27-15-18-10-12-19(13-11-18)23(31)28(2)3)26-14-6-9-22(30)29-16-20-7-4-5-8-21(20)17-29/h4-5,7-8,10-13H,6,9,14-17H2,1-3H3,(H2,25,26,27). The fraction of sp³-hybridized carbons (Fsp3) is 0.375. The first-order valence-electron chi connectivity index (χ1n) is 10.6. The molecule has 3 rings (SSSR count). The Balaban J connectivity index is 1.36. The average molecular weight is 422 g/mol. The Hall–Kier alpha value is -3.35. The van der Waals surface area contributed by atoms with Crippen LogP contribution in [0.25, 0.3) is 0 Å². The van der Waals surface area contributed by atoms with Crippen molar-refractivity contribution in [1.82, 2.24) is 20.4 Å². The third kappa shape index (κ3) is 6.07. The number of carbonyl (C=O) groups is 2. The highest BCUT2D eigenvalue weighted by Crippen LogP contribution is 2.22. The second-order valence-corrected chi connectivity index (χ2v) is 7.87. The zero-order valence-corrected chi connectivity index (χ0v) is 18.5. The molecular weight excluding hydrogens is 390 g/mol. The van der Waals surface area contributed by atoms with Gasteiger partial charge < -0.3 is 20.4 Å². The third-order valence-corrected chi connectivity index (χ3v) is 5.34. The summed E-state index contributed by atoms with van der Waals surface area (Å²) in [6.45, 7) is 2.69. The summed E-state index contributed by atoms with van der Waals surface area (Å²) in [6, 6.07) is 15.8. The van der Waals surface area contributed by atoms with Crippen LogP contribution in [0.2, 0.25) is 0 Å². The van der Waals surface area contributed by atoms with Crippen LogP contribution in [-0.4, -0.2) is 55.3 Å². The molecule has 1 aliphatic rings. The van der Waals surface area contributed by atoms with Gasteiger partial charge in [-0.1, -0.05) is 36.4 Å². The summed E-state index contributed by atoms with van der Waals surface area (Å²) in [5, 5.41) is 6.52. The van der Waals surface area contributed by atoms with Gasteiger partial charge in [0.1, 0.15) is 0 Å². The molecule has 0 saturated carbocycles. The summed E-state index contributed by atoms with van der Waals surface area (Å²) in [7, 11) is 5.21. The van der Waals surface area contributed by atoms with Gasteiger partial charge in [-0.3, -0.25) is 14.6 Å². The summed E-state index contributed by atoms with van der Waals surface area (Å²) in [5.74, 6) is 0.868. The van der Waals surface area contributed by atoms with Crippen molar-refractivity contribution >= 4 is 17.8 Å². The van der Waals surface area contributed by atoms with Crippen LogP contribution >= 0.6 is 0 Å². The Labute approximate surface area is 184 Å². The Morgan fingerprint density at radius 2 is 1.65 bits per heavy atom. The fourth-order valence-electron chi connectivity index (χ4n) is 3.54. The molecule has 0 aromatic heterocycles. The van der Waals surface area contributed by atoms with Gasteiger partial charge in [0.2, 0.25) is 5.91 Å². The molecule has 0 radical (unpaired) electrons. The number of fused-ring (bicyclic) bond motifs is 1. The molecule has 1 aliphatic heterocycles. The van der Waals surface area contributed by atoms with E-state index >= 15 is 0 Å². The first-order valence-corrected chi connectivity index (χ1v) is 10.6. The van der Waals surface area contributed by atoms with Gasteiger partial charge in [-0.25, -0.2) is 0 Å². The summed E-state index contributed by atoms with van der Waals surface area (Å²) in [4.78, 5) is 32.2. The third-order valence-electron chi connectivity index (χ3n) is 5.34. The Kier molecular flexibility index (Phi) is 7.65. The number of nitrogens with zero attached hydrogens (tertiary/aromatic N) is 3. The van der Waals surface area contributed by atoms with Crippen molar-refractivity contribution in [3.8, 4) is 0 Å². The van der Waals surface area contributed by atoms with Gasteiger partial charge in [-0.05, 0) is 35.2 Å². The minimum atomic E-state index is -0.00987. The van der Waals surface area contributed by atoms with E-state index in [1.54, 1.807) is 26.0 Å². The largest absolute Gasteiger partial charge is 0.356 e. The molecule has 0 aliphatic carbocycles. The maximum absolute atomic E-state index is 12.5. The lowest BCUT2D eigenvalue weighted by atomic mass is 10.1. The number of hydrogen-bond acceptors (Lipinski definition) is 3. The monoisotopic (exact) mass is 421 g/mol. The highest BCUT2D eigenvalue weighted by atomic mass is 16.2. The Bertz CT molecular complexity index is 912. The van der Waals surface area contributed by atoms with E-state index in [1.807, 2.05) is 41.3 Å². The minimum Gasteiger partial charge on any atom is -0.356 e. The molecule has 7 heteroatoms. The summed E-state index contributed by atoms with van der Waals surface area (Å²) in [5.41, 5.74) is 4.22. The van der Waals surface area contributed by atoms with E-state index < -0.39 is 0 Å². The number of benzene rings is 2. The van der Waals surface area contributed by atoms with Crippen molar-refractivity contribution in [3.05, 3.63) is 70.8 Å². The molecule has 2 N–H and O–H groups in total. The Morgan fingerprint density at radius 1 is 1.00 bits per heavy atom. The molecule has 1 heterocycles. The van der Waals surface area contributed by atoms with Crippen LogP contribution in [0.1, 0.15) is 39.9 Å². The van der Waals surface area contributed by atoms with Crippen molar-refractivity contribution in [2.24, 2.45) is 4.99 Å². The molecule has 2 aromatic rings. The smallest absolute Gasteiger partial charge is 0.253 e. The molecule has 0 spiro atoms. The normalized spacial score (nSPS) is 13.0. The number of carbonyl (C=O) groups excluding carboxylic acids is 2. The lowest BCUT2D eigenvalue weighted by molar-refractivity contribution is -0.131. The van der Waals surface area contributed by atoms with Crippen LogP contribution in [-0.2, 0) is 24.4 Å². The van der Waals surface area contributed by atoms with Crippen LogP contribution in [0.4, 0.5) is 0 Å². The number of rotatable bonds is 7. The van der Waals surface area contributed by atoms with Crippen molar-refractivity contribution in [2.45, 2.75) is 32.5 Å². The van der Waals surface area contributed by atoms with Gasteiger partial charge in [0.25, 0.3) is 5.91 Å². The molecule has 0 bridgehead atoms. The van der Waals surface area contributed by atoms with Gasteiger partial charge in [-0.15, -0.1) is 0 Å². The number of guanidine groups is 1. The van der Waals surface area contributed by atoms with Crippen LogP contribution in [0.3, 0.4) is 0 Å². The minimum absolute atomic E-state index is 0.00987. The van der Waals surface area contributed by atoms with Crippen molar-refractivity contribution in [3.63, 3.8) is 0 Å². The molecule has 2 aromatic carbocycles. The maximum Gasteiger partial charge on any atom is 0.253 e. The van der Waals surface area contributed by atoms with Crippen LogP contribution in [0, 0.1) is 0 Å². The van der Waals surface area contributed by atoms with E-state index in [4.69, 9.17) is 0 Å². The topological polar surface area (TPSA) is 77.0 Å². The fourth-order valence-corrected chi connectivity index (χ4v) is 3.54. The van der Waals surface area contributed by atoms with Gasteiger partial charge >= 0.3 is 0 Å². The molecule has 164 valence electrons. The SMILES string of the molecule is CN=C(NCCCC(=O)N1Cc2ccccc2C1)NCc1ccc(C(=O)N(C)C)cc1. The first kappa shape index (κ1) is 22.3.